The van der Waals surface area contributed by atoms with Gasteiger partial charge in [0.15, 0.2) is 0 Å². The zero-order valence-corrected chi connectivity index (χ0v) is 11.5. The van der Waals surface area contributed by atoms with Crippen molar-refractivity contribution in [2.75, 3.05) is 32.2 Å². The smallest absolute Gasteiger partial charge is 0.338 e. The van der Waals surface area contributed by atoms with E-state index in [2.05, 4.69) is 0 Å². The Hall–Kier alpha value is -1.75. The Balaban J connectivity index is 2.56. The number of carbonyl (C=O) groups is 1. The number of hydrogen-bond donors (Lipinski definition) is 1. The number of carbonyl (C=O) groups excluding carboxylic acids is 1. The molecule has 0 bridgehead atoms. The summed E-state index contributed by atoms with van der Waals surface area (Å²) in [6, 6.07) is 4.84. The molecule has 2 N–H and O–H groups in total. The van der Waals surface area contributed by atoms with Gasteiger partial charge in [-0.05, 0) is 31.5 Å². The van der Waals surface area contributed by atoms with Crippen molar-refractivity contribution in [1.29, 1.82) is 0 Å². The first-order valence-electron chi connectivity index (χ1n) is 6.46. The molecule has 0 spiro atoms. The minimum Gasteiger partial charge on any atom is -0.489 e. The molecule has 5 nitrogen and oxygen atoms in total. The number of hydrogen-bond acceptors (Lipinski definition) is 5. The van der Waals surface area contributed by atoms with Crippen molar-refractivity contribution < 1.29 is 19.0 Å². The maximum atomic E-state index is 11.6. The molecule has 0 amide bonds. The van der Waals surface area contributed by atoms with E-state index in [1.807, 2.05) is 6.92 Å². The third-order valence-corrected chi connectivity index (χ3v) is 2.36. The average Bonchev–Trinajstić information content (AvgIpc) is 2.40. The van der Waals surface area contributed by atoms with Crippen LogP contribution in [0, 0.1) is 0 Å². The van der Waals surface area contributed by atoms with Crippen molar-refractivity contribution in [2.45, 2.75) is 20.3 Å². The van der Waals surface area contributed by atoms with Crippen molar-refractivity contribution in [3.63, 3.8) is 0 Å². The first-order chi connectivity index (χ1) is 9.19. The van der Waals surface area contributed by atoms with Crippen LogP contribution in [0.15, 0.2) is 18.2 Å². The molecule has 0 saturated carbocycles. The van der Waals surface area contributed by atoms with Crippen molar-refractivity contribution in [3.05, 3.63) is 23.8 Å². The lowest BCUT2D eigenvalue weighted by Gasteiger charge is -2.10. The Morgan fingerprint density at radius 3 is 2.68 bits per heavy atom. The van der Waals surface area contributed by atoms with E-state index in [1.54, 1.807) is 25.1 Å². The molecule has 0 aliphatic carbocycles. The fraction of sp³-hybridized carbons (Fsp3) is 0.500. The number of esters is 1. The Labute approximate surface area is 113 Å². The van der Waals surface area contributed by atoms with E-state index in [0.717, 1.165) is 6.42 Å². The molecule has 1 rings (SSSR count). The minimum atomic E-state index is -0.380. The van der Waals surface area contributed by atoms with Crippen LogP contribution < -0.4 is 10.5 Å². The largest absolute Gasteiger partial charge is 0.489 e. The van der Waals surface area contributed by atoms with E-state index < -0.39 is 0 Å². The van der Waals surface area contributed by atoms with E-state index in [9.17, 15) is 4.79 Å². The van der Waals surface area contributed by atoms with Gasteiger partial charge in [-0.15, -0.1) is 0 Å². The summed E-state index contributed by atoms with van der Waals surface area (Å²) in [5, 5.41) is 0. The molecule has 0 atom stereocenters. The zero-order valence-electron chi connectivity index (χ0n) is 11.5. The molecule has 0 fully saturated rings. The molecule has 0 unspecified atom stereocenters. The second kappa shape index (κ2) is 8.37. The lowest BCUT2D eigenvalue weighted by molar-refractivity contribution is 0.0525. The lowest BCUT2D eigenvalue weighted by Crippen LogP contribution is -2.10. The number of benzene rings is 1. The minimum absolute atomic E-state index is 0.338. The molecule has 1 aromatic carbocycles. The molecule has 106 valence electrons. The molecule has 19 heavy (non-hydrogen) atoms. The number of nitrogens with two attached hydrogens (primary N) is 1. The molecular weight excluding hydrogens is 246 g/mol. The predicted molar refractivity (Wildman–Crippen MR) is 73.4 cm³/mol. The fourth-order valence-electron chi connectivity index (χ4n) is 1.46. The second-order valence-electron chi connectivity index (χ2n) is 3.93. The molecular formula is C14H21NO4. The Morgan fingerprint density at radius 1 is 1.21 bits per heavy atom. The van der Waals surface area contributed by atoms with Gasteiger partial charge in [0.1, 0.15) is 12.4 Å². The highest BCUT2D eigenvalue weighted by Gasteiger charge is 2.09. The van der Waals surface area contributed by atoms with Crippen LogP contribution in [-0.4, -0.2) is 32.4 Å². The van der Waals surface area contributed by atoms with Gasteiger partial charge in [-0.2, -0.15) is 0 Å². The molecule has 5 heteroatoms. The maximum Gasteiger partial charge on any atom is 0.338 e. The zero-order chi connectivity index (χ0) is 14.1. The van der Waals surface area contributed by atoms with E-state index in [4.69, 9.17) is 19.9 Å². The van der Waals surface area contributed by atoms with Crippen LogP contribution in [0.3, 0.4) is 0 Å². The Bertz CT molecular complexity index is 406. The normalized spacial score (nSPS) is 10.2. The van der Waals surface area contributed by atoms with Crippen LogP contribution >= 0.6 is 0 Å². The van der Waals surface area contributed by atoms with Crippen molar-refractivity contribution >= 4 is 11.7 Å². The quantitative estimate of drug-likeness (QED) is 0.444. The Morgan fingerprint density at radius 2 is 2.00 bits per heavy atom. The molecule has 0 aliphatic rings. The van der Waals surface area contributed by atoms with Crippen molar-refractivity contribution in [1.82, 2.24) is 0 Å². The van der Waals surface area contributed by atoms with Crippen molar-refractivity contribution in [2.24, 2.45) is 0 Å². The summed E-state index contributed by atoms with van der Waals surface area (Å²) in [7, 11) is 0. The van der Waals surface area contributed by atoms with Gasteiger partial charge in [-0.1, -0.05) is 6.92 Å². The first kappa shape index (κ1) is 15.3. The van der Waals surface area contributed by atoms with Crippen LogP contribution in [-0.2, 0) is 9.47 Å². The molecule has 0 saturated heterocycles. The summed E-state index contributed by atoms with van der Waals surface area (Å²) in [4.78, 5) is 11.6. The summed E-state index contributed by atoms with van der Waals surface area (Å²) in [6.07, 6.45) is 0.973. The Kier molecular flexibility index (Phi) is 6.74. The topological polar surface area (TPSA) is 70.8 Å². The second-order valence-corrected chi connectivity index (χ2v) is 3.93. The van der Waals surface area contributed by atoms with Gasteiger partial charge < -0.3 is 19.9 Å². The van der Waals surface area contributed by atoms with Crippen LogP contribution in [0.25, 0.3) is 0 Å². The van der Waals surface area contributed by atoms with Crippen molar-refractivity contribution in [3.8, 4) is 5.75 Å². The van der Waals surface area contributed by atoms with Gasteiger partial charge in [-0.3, -0.25) is 0 Å². The highest BCUT2D eigenvalue weighted by Crippen LogP contribution is 2.23. The molecule has 0 aromatic heterocycles. The fourth-order valence-corrected chi connectivity index (χ4v) is 1.46. The number of nitrogen functional groups attached to an aromatic ring is 1. The lowest BCUT2D eigenvalue weighted by atomic mass is 10.2. The number of rotatable bonds is 8. The van der Waals surface area contributed by atoms with Gasteiger partial charge in [-0.25, -0.2) is 4.79 Å². The molecule has 0 radical (unpaired) electrons. The van der Waals surface area contributed by atoms with Gasteiger partial charge in [0, 0.05) is 6.61 Å². The van der Waals surface area contributed by atoms with E-state index >= 15 is 0 Å². The summed E-state index contributed by atoms with van der Waals surface area (Å²) in [5.74, 6) is 0.0974. The van der Waals surface area contributed by atoms with Crippen LogP contribution in [0.2, 0.25) is 0 Å². The summed E-state index contributed by atoms with van der Waals surface area (Å²) >= 11 is 0. The summed E-state index contributed by atoms with van der Waals surface area (Å²) < 4.78 is 15.7. The van der Waals surface area contributed by atoms with Crippen LogP contribution in [0.4, 0.5) is 5.69 Å². The first-order valence-corrected chi connectivity index (χ1v) is 6.46. The predicted octanol–water partition coefficient (Wildman–Crippen LogP) is 2.25. The molecule has 1 aromatic rings. The van der Waals surface area contributed by atoms with Crippen LogP contribution in [0.1, 0.15) is 30.6 Å². The third-order valence-electron chi connectivity index (χ3n) is 2.36. The monoisotopic (exact) mass is 267 g/mol. The SMILES string of the molecule is CCCOCCOc1cc(C(=O)OCC)ccc1N. The van der Waals surface area contributed by atoms with Gasteiger partial charge >= 0.3 is 5.97 Å². The van der Waals surface area contributed by atoms with Gasteiger partial charge in [0.25, 0.3) is 0 Å². The maximum absolute atomic E-state index is 11.6. The van der Waals surface area contributed by atoms with E-state index in [1.165, 1.54) is 0 Å². The third kappa shape index (κ3) is 5.18. The standard InChI is InChI=1S/C14H21NO4/c1-3-7-17-8-9-19-13-10-11(5-6-12(13)15)14(16)18-4-2/h5-6,10H,3-4,7-9,15H2,1-2H3. The van der Waals surface area contributed by atoms with Crippen LogP contribution in [0.5, 0.6) is 5.75 Å². The van der Waals surface area contributed by atoms with E-state index in [0.29, 0.717) is 43.4 Å². The number of ether oxygens (including phenoxy) is 3. The van der Waals surface area contributed by atoms with Gasteiger partial charge in [0.2, 0.25) is 0 Å². The average molecular weight is 267 g/mol. The highest BCUT2D eigenvalue weighted by molar-refractivity contribution is 5.90. The van der Waals surface area contributed by atoms with E-state index in [-0.39, 0.29) is 5.97 Å². The summed E-state index contributed by atoms with van der Waals surface area (Å²) in [5.41, 5.74) is 6.71. The highest BCUT2D eigenvalue weighted by atomic mass is 16.5. The molecule has 0 aliphatic heterocycles. The molecule has 0 heterocycles. The number of anilines is 1. The summed E-state index contributed by atoms with van der Waals surface area (Å²) in [6.45, 7) is 5.75. The van der Waals surface area contributed by atoms with Gasteiger partial charge in [0.05, 0.1) is 24.5 Å².